The van der Waals surface area contributed by atoms with Crippen molar-refractivity contribution in [2.75, 3.05) is 51.2 Å². The average molecular weight is 396 g/mol. The zero-order chi connectivity index (χ0) is 20.6. The van der Waals surface area contributed by atoms with Crippen molar-refractivity contribution in [2.45, 2.75) is 26.7 Å². The van der Waals surface area contributed by atoms with Crippen LogP contribution in [0.5, 0.6) is 5.75 Å². The minimum absolute atomic E-state index is 0.0714. The summed E-state index contributed by atoms with van der Waals surface area (Å²) in [7, 11) is 0. The number of ether oxygens (including phenoxy) is 1. The summed E-state index contributed by atoms with van der Waals surface area (Å²) in [5.41, 5.74) is 3.29. The van der Waals surface area contributed by atoms with Crippen LogP contribution < -0.4 is 10.1 Å². The molecule has 156 valence electrons. The monoisotopic (exact) mass is 395 g/mol. The lowest BCUT2D eigenvalue weighted by atomic mass is 9.98. The molecular formula is C24H33N3O2. The third-order valence-electron chi connectivity index (χ3n) is 5.44. The van der Waals surface area contributed by atoms with E-state index in [4.69, 9.17) is 4.74 Å². The molecule has 2 aromatic carbocycles. The molecular weight excluding hydrogens is 362 g/mol. The normalized spacial score (nSPS) is 15.4. The standard InChI is InChI=1S/C24H33N3O2/c1-19(2)22-11-7-8-20(3)24(22)25-23(28)18-27-14-12-26(13-15-27)16-17-29-21-9-5-4-6-10-21/h4-11,19H,12-18H2,1-3H3,(H,25,28). The Hall–Kier alpha value is -2.37. The molecule has 1 saturated heterocycles. The number of nitrogens with zero attached hydrogens (tertiary/aromatic N) is 2. The molecule has 0 aromatic heterocycles. The highest BCUT2D eigenvalue weighted by Gasteiger charge is 2.20. The molecule has 0 bridgehead atoms. The van der Waals surface area contributed by atoms with Gasteiger partial charge in [-0.1, -0.05) is 50.2 Å². The summed E-state index contributed by atoms with van der Waals surface area (Å²) in [4.78, 5) is 17.3. The number of aryl methyl sites for hydroxylation is 1. The summed E-state index contributed by atoms with van der Waals surface area (Å²) in [6.45, 7) is 12.2. The van der Waals surface area contributed by atoms with Crippen LogP contribution in [0.25, 0.3) is 0 Å². The number of carbonyl (C=O) groups excluding carboxylic acids is 1. The molecule has 5 heteroatoms. The fourth-order valence-corrected chi connectivity index (χ4v) is 3.70. The smallest absolute Gasteiger partial charge is 0.238 e. The van der Waals surface area contributed by atoms with Gasteiger partial charge in [0.1, 0.15) is 12.4 Å². The molecule has 3 rings (SSSR count). The number of piperazine rings is 1. The molecule has 1 aliphatic rings. The van der Waals surface area contributed by atoms with Gasteiger partial charge in [-0.2, -0.15) is 0 Å². The molecule has 0 radical (unpaired) electrons. The van der Waals surface area contributed by atoms with E-state index in [1.807, 2.05) is 30.3 Å². The van der Waals surface area contributed by atoms with Gasteiger partial charge in [-0.05, 0) is 36.1 Å². The molecule has 1 heterocycles. The van der Waals surface area contributed by atoms with Crippen LogP contribution in [0.15, 0.2) is 48.5 Å². The maximum Gasteiger partial charge on any atom is 0.238 e. The number of amides is 1. The van der Waals surface area contributed by atoms with E-state index >= 15 is 0 Å². The van der Waals surface area contributed by atoms with Gasteiger partial charge < -0.3 is 10.1 Å². The lowest BCUT2D eigenvalue weighted by molar-refractivity contribution is -0.117. The van der Waals surface area contributed by atoms with Crippen LogP contribution in [0.4, 0.5) is 5.69 Å². The predicted octanol–water partition coefficient (Wildman–Crippen LogP) is 3.75. The molecule has 1 fully saturated rings. The highest BCUT2D eigenvalue weighted by Crippen LogP contribution is 2.27. The number of hydrogen-bond acceptors (Lipinski definition) is 4. The van der Waals surface area contributed by atoms with E-state index in [1.54, 1.807) is 0 Å². The van der Waals surface area contributed by atoms with E-state index in [2.05, 4.69) is 54.1 Å². The number of anilines is 1. The Balaban J connectivity index is 1.41. The average Bonchev–Trinajstić information content (AvgIpc) is 2.71. The minimum Gasteiger partial charge on any atom is -0.492 e. The van der Waals surface area contributed by atoms with Crippen molar-refractivity contribution in [1.82, 2.24) is 9.80 Å². The third kappa shape index (κ3) is 6.31. The summed E-state index contributed by atoms with van der Waals surface area (Å²) in [5, 5.41) is 3.16. The Morgan fingerprint density at radius 3 is 2.38 bits per heavy atom. The second kappa shape index (κ2) is 10.4. The quantitative estimate of drug-likeness (QED) is 0.739. The lowest BCUT2D eigenvalue weighted by Gasteiger charge is -2.34. The van der Waals surface area contributed by atoms with Gasteiger partial charge in [0.2, 0.25) is 5.91 Å². The number of benzene rings is 2. The van der Waals surface area contributed by atoms with Crippen molar-refractivity contribution in [3.05, 3.63) is 59.7 Å². The van der Waals surface area contributed by atoms with E-state index in [0.717, 1.165) is 49.7 Å². The summed E-state index contributed by atoms with van der Waals surface area (Å²) in [6.07, 6.45) is 0. The molecule has 0 spiro atoms. The Labute approximate surface area is 174 Å². The van der Waals surface area contributed by atoms with E-state index in [9.17, 15) is 4.79 Å². The maximum absolute atomic E-state index is 12.6. The van der Waals surface area contributed by atoms with Crippen LogP contribution in [-0.2, 0) is 4.79 Å². The fraction of sp³-hybridized carbons (Fsp3) is 0.458. The molecule has 0 saturated carbocycles. The number of rotatable bonds is 8. The topological polar surface area (TPSA) is 44.8 Å². The largest absolute Gasteiger partial charge is 0.492 e. The van der Waals surface area contributed by atoms with Crippen molar-refractivity contribution in [3.63, 3.8) is 0 Å². The zero-order valence-corrected chi connectivity index (χ0v) is 17.9. The van der Waals surface area contributed by atoms with Crippen LogP contribution in [0.3, 0.4) is 0 Å². The van der Waals surface area contributed by atoms with Crippen LogP contribution in [-0.4, -0.2) is 61.6 Å². The SMILES string of the molecule is Cc1cccc(C(C)C)c1NC(=O)CN1CCN(CCOc2ccccc2)CC1. The molecule has 2 aromatic rings. The van der Waals surface area contributed by atoms with Gasteiger partial charge in [0.05, 0.1) is 6.54 Å². The minimum atomic E-state index is 0.0714. The van der Waals surface area contributed by atoms with E-state index < -0.39 is 0 Å². The summed E-state index contributed by atoms with van der Waals surface area (Å²) in [6, 6.07) is 16.1. The third-order valence-corrected chi connectivity index (χ3v) is 5.44. The zero-order valence-electron chi connectivity index (χ0n) is 17.9. The first kappa shape index (κ1) is 21.3. The Morgan fingerprint density at radius 1 is 1.00 bits per heavy atom. The van der Waals surface area contributed by atoms with Crippen LogP contribution >= 0.6 is 0 Å². The van der Waals surface area contributed by atoms with Crippen molar-refractivity contribution < 1.29 is 9.53 Å². The molecule has 1 amide bonds. The van der Waals surface area contributed by atoms with Crippen molar-refractivity contribution in [2.24, 2.45) is 0 Å². The molecule has 29 heavy (non-hydrogen) atoms. The fourth-order valence-electron chi connectivity index (χ4n) is 3.70. The van der Waals surface area contributed by atoms with Crippen LogP contribution in [0, 0.1) is 6.92 Å². The number of para-hydroxylation sites is 2. The molecule has 5 nitrogen and oxygen atoms in total. The highest BCUT2D eigenvalue weighted by atomic mass is 16.5. The second-order valence-electron chi connectivity index (χ2n) is 8.02. The molecule has 1 N–H and O–H groups in total. The van der Waals surface area contributed by atoms with E-state index in [0.29, 0.717) is 19.1 Å². The van der Waals surface area contributed by atoms with Gasteiger partial charge in [-0.15, -0.1) is 0 Å². The van der Waals surface area contributed by atoms with Gasteiger partial charge in [-0.25, -0.2) is 0 Å². The van der Waals surface area contributed by atoms with Gasteiger partial charge in [0.15, 0.2) is 0 Å². The molecule has 0 unspecified atom stereocenters. The number of hydrogen-bond donors (Lipinski definition) is 1. The summed E-state index contributed by atoms with van der Waals surface area (Å²) >= 11 is 0. The number of nitrogens with one attached hydrogen (secondary N) is 1. The van der Waals surface area contributed by atoms with Gasteiger partial charge in [-0.3, -0.25) is 14.6 Å². The summed E-state index contributed by atoms with van der Waals surface area (Å²) in [5.74, 6) is 1.37. The second-order valence-corrected chi connectivity index (χ2v) is 8.02. The van der Waals surface area contributed by atoms with Crippen molar-refractivity contribution >= 4 is 11.6 Å². The van der Waals surface area contributed by atoms with Gasteiger partial charge >= 0.3 is 0 Å². The van der Waals surface area contributed by atoms with Crippen molar-refractivity contribution in [3.8, 4) is 5.75 Å². The molecule has 1 aliphatic heterocycles. The maximum atomic E-state index is 12.6. The first-order chi connectivity index (χ1) is 14.0. The lowest BCUT2D eigenvalue weighted by Crippen LogP contribution is -2.49. The Bertz CT molecular complexity index is 784. The highest BCUT2D eigenvalue weighted by molar-refractivity contribution is 5.93. The number of carbonyl (C=O) groups is 1. The molecule has 0 atom stereocenters. The Morgan fingerprint density at radius 2 is 1.69 bits per heavy atom. The van der Waals surface area contributed by atoms with Gasteiger partial charge in [0, 0.05) is 38.4 Å². The van der Waals surface area contributed by atoms with Crippen LogP contribution in [0.2, 0.25) is 0 Å². The predicted molar refractivity (Wildman–Crippen MR) is 119 cm³/mol. The van der Waals surface area contributed by atoms with E-state index in [-0.39, 0.29) is 5.91 Å². The van der Waals surface area contributed by atoms with Gasteiger partial charge in [0.25, 0.3) is 0 Å². The molecule has 0 aliphatic carbocycles. The summed E-state index contributed by atoms with van der Waals surface area (Å²) < 4.78 is 5.79. The van der Waals surface area contributed by atoms with Crippen molar-refractivity contribution in [1.29, 1.82) is 0 Å². The Kier molecular flexibility index (Phi) is 7.67. The first-order valence-corrected chi connectivity index (χ1v) is 10.5. The van der Waals surface area contributed by atoms with E-state index in [1.165, 1.54) is 5.56 Å². The first-order valence-electron chi connectivity index (χ1n) is 10.5. The van der Waals surface area contributed by atoms with Crippen LogP contribution in [0.1, 0.15) is 30.9 Å².